The minimum atomic E-state index is -0.110. The van der Waals surface area contributed by atoms with Crippen molar-refractivity contribution in [1.29, 1.82) is 0 Å². The van der Waals surface area contributed by atoms with E-state index in [0.29, 0.717) is 0 Å². The number of nitrogens with one attached hydrogen (secondary N) is 1. The molecule has 3 atom stereocenters. The first-order valence-corrected chi connectivity index (χ1v) is 11.4. The second-order valence-electron chi connectivity index (χ2n) is 9.05. The average Bonchev–Trinajstić information content (AvgIpc) is 3.18. The molecule has 1 aromatic rings. The van der Waals surface area contributed by atoms with E-state index in [4.69, 9.17) is 0 Å². The summed E-state index contributed by atoms with van der Waals surface area (Å²) in [4.78, 5) is 14.8. The van der Waals surface area contributed by atoms with Crippen molar-refractivity contribution in [3.05, 3.63) is 35.4 Å². The zero-order valence-electron chi connectivity index (χ0n) is 17.6. The van der Waals surface area contributed by atoms with Crippen LogP contribution in [0.2, 0.25) is 0 Å². The first-order chi connectivity index (χ1) is 14.2. The Labute approximate surface area is 175 Å². The van der Waals surface area contributed by atoms with E-state index < -0.39 is 0 Å². The summed E-state index contributed by atoms with van der Waals surface area (Å²) in [6.07, 6.45) is 9.56. The molecule has 2 aliphatic carbocycles. The predicted octanol–water partition coefficient (Wildman–Crippen LogP) is 3.29. The molecule has 2 N–H and O–H groups in total. The highest BCUT2D eigenvalue weighted by Gasteiger charge is 2.52. The SMILES string of the molecule is CNC[C@H]1[C@@H](c2ccc(C#CCC3CCCC3)cc2)[C@@H](CO)N1C(=O)C1CCC1. The molecule has 0 spiro atoms. The lowest BCUT2D eigenvalue weighted by atomic mass is 9.72. The first-order valence-electron chi connectivity index (χ1n) is 11.4. The molecule has 1 aliphatic heterocycles. The van der Waals surface area contributed by atoms with E-state index in [1.165, 1.54) is 31.2 Å². The zero-order valence-corrected chi connectivity index (χ0v) is 17.6. The molecule has 29 heavy (non-hydrogen) atoms. The Morgan fingerprint density at radius 2 is 1.83 bits per heavy atom. The average molecular weight is 395 g/mol. The van der Waals surface area contributed by atoms with E-state index >= 15 is 0 Å². The molecule has 2 saturated carbocycles. The molecule has 3 aliphatic rings. The number of carbonyl (C=O) groups excluding carboxylic acids is 1. The second kappa shape index (κ2) is 9.32. The number of hydrogen-bond acceptors (Lipinski definition) is 3. The van der Waals surface area contributed by atoms with E-state index in [2.05, 4.69) is 41.4 Å². The van der Waals surface area contributed by atoms with E-state index in [1.54, 1.807) is 0 Å². The smallest absolute Gasteiger partial charge is 0.226 e. The number of carbonyl (C=O) groups is 1. The number of rotatable bonds is 6. The van der Waals surface area contributed by atoms with Crippen molar-refractivity contribution in [2.75, 3.05) is 20.2 Å². The fourth-order valence-electron chi connectivity index (χ4n) is 5.32. The van der Waals surface area contributed by atoms with E-state index in [1.807, 2.05) is 11.9 Å². The summed E-state index contributed by atoms with van der Waals surface area (Å²) in [6.45, 7) is 0.773. The third kappa shape index (κ3) is 4.22. The van der Waals surface area contributed by atoms with Crippen LogP contribution in [0, 0.1) is 23.7 Å². The molecule has 156 valence electrons. The van der Waals surface area contributed by atoms with Crippen molar-refractivity contribution in [1.82, 2.24) is 10.2 Å². The van der Waals surface area contributed by atoms with Crippen molar-refractivity contribution in [3.63, 3.8) is 0 Å². The predicted molar refractivity (Wildman–Crippen MR) is 115 cm³/mol. The summed E-state index contributed by atoms with van der Waals surface area (Å²) in [5, 5.41) is 13.3. The Morgan fingerprint density at radius 3 is 2.41 bits per heavy atom. The fourth-order valence-corrected chi connectivity index (χ4v) is 5.32. The summed E-state index contributed by atoms with van der Waals surface area (Å²) in [7, 11) is 1.93. The van der Waals surface area contributed by atoms with Crippen LogP contribution in [-0.4, -0.2) is 48.2 Å². The molecule has 1 saturated heterocycles. The summed E-state index contributed by atoms with van der Waals surface area (Å²) in [6, 6.07) is 8.48. The number of aliphatic hydroxyl groups excluding tert-OH is 1. The van der Waals surface area contributed by atoms with E-state index in [9.17, 15) is 9.90 Å². The van der Waals surface area contributed by atoms with Crippen LogP contribution in [-0.2, 0) is 4.79 Å². The molecular formula is C25H34N2O2. The maximum absolute atomic E-state index is 12.9. The van der Waals surface area contributed by atoms with Gasteiger partial charge in [0.1, 0.15) is 0 Å². The van der Waals surface area contributed by atoms with Crippen LogP contribution in [0.5, 0.6) is 0 Å². The van der Waals surface area contributed by atoms with Crippen molar-refractivity contribution in [2.24, 2.45) is 11.8 Å². The van der Waals surface area contributed by atoms with Crippen LogP contribution in [0.25, 0.3) is 0 Å². The molecule has 0 radical (unpaired) electrons. The maximum atomic E-state index is 12.9. The molecule has 0 bridgehead atoms. The maximum Gasteiger partial charge on any atom is 0.226 e. The number of hydrogen-bond donors (Lipinski definition) is 2. The molecule has 4 nitrogen and oxygen atoms in total. The third-order valence-corrected chi connectivity index (χ3v) is 7.25. The lowest BCUT2D eigenvalue weighted by molar-refractivity contribution is -0.157. The van der Waals surface area contributed by atoms with Gasteiger partial charge < -0.3 is 15.3 Å². The van der Waals surface area contributed by atoms with Crippen molar-refractivity contribution in [2.45, 2.75) is 69.4 Å². The molecule has 1 heterocycles. The van der Waals surface area contributed by atoms with Gasteiger partial charge in [0.25, 0.3) is 0 Å². The Hall–Kier alpha value is -1.83. The van der Waals surface area contributed by atoms with Crippen molar-refractivity contribution in [3.8, 4) is 11.8 Å². The van der Waals surface area contributed by atoms with Crippen LogP contribution in [0.4, 0.5) is 0 Å². The minimum absolute atomic E-state index is 0.0201. The molecule has 4 rings (SSSR count). The second-order valence-corrected chi connectivity index (χ2v) is 9.05. The number of likely N-dealkylation sites (tertiary alicyclic amines) is 1. The highest BCUT2D eigenvalue weighted by Crippen LogP contribution is 2.43. The molecule has 0 unspecified atom stereocenters. The van der Waals surface area contributed by atoms with Gasteiger partial charge in [0.05, 0.1) is 18.7 Å². The van der Waals surface area contributed by atoms with Crippen LogP contribution < -0.4 is 5.32 Å². The molecule has 1 aromatic carbocycles. The Balaban J connectivity index is 1.44. The largest absolute Gasteiger partial charge is 0.394 e. The van der Waals surface area contributed by atoms with Crippen LogP contribution in [0.15, 0.2) is 24.3 Å². The Morgan fingerprint density at radius 1 is 1.10 bits per heavy atom. The van der Waals surface area contributed by atoms with Gasteiger partial charge >= 0.3 is 0 Å². The summed E-state index contributed by atoms with van der Waals surface area (Å²) in [5.74, 6) is 8.06. The number of nitrogens with zero attached hydrogens (tertiary/aromatic N) is 1. The van der Waals surface area contributed by atoms with Crippen molar-refractivity contribution < 1.29 is 9.90 Å². The first kappa shape index (κ1) is 20.4. The minimum Gasteiger partial charge on any atom is -0.394 e. The van der Waals surface area contributed by atoms with Gasteiger partial charge in [0.15, 0.2) is 0 Å². The van der Waals surface area contributed by atoms with Gasteiger partial charge in [-0.2, -0.15) is 0 Å². The quantitative estimate of drug-likeness (QED) is 0.728. The van der Waals surface area contributed by atoms with Crippen LogP contribution in [0.3, 0.4) is 0 Å². The standard InChI is InChI=1S/C25H34N2O2/c1-26-16-22-24(23(17-28)27(22)25(29)21-10-5-11-21)20-14-12-19(13-15-20)9-4-8-18-6-2-3-7-18/h12-15,18,21-24,26,28H,2-3,5-8,10-11,16-17H2,1H3/t22-,23+,24+/m0/s1. The Kier molecular flexibility index (Phi) is 6.57. The van der Waals surface area contributed by atoms with Gasteiger partial charge in [-0.05, 0) is 56.3 Å². The highest BCUT2D eigenvalue weighted by atomic mass is 16.3. The topological polar surface area (TPSA) is 52.6 Å². The lowest BCUT2D eigenvalue weighted by Crippen LogP contribution is -2.69. The molecule has 0 aromatic heterocycles. The van der Waals surface area contributed by atoms with Gasteiger partial charge in [0.2, 0.25) is 5.91 Å². The van der Waals surface area contributed by atoms with Gasteiger partial charge in [-0.15, -0.1) is 0 Å². The molecule has 3 fully saturated rings. The Bertz CT molecular complexity index is 753. The highest BCUT2D eigenvalue weighted by molar-refractivity contribution is 5.81. The normalized spacial score (nSPS) is 27.1. The molecule has 4 heteroatoms. The number of benzene rings is 1. The summed E-state index contributed by atoms with van der Waals surface area (Å²) in [5.41, 5.74) is 2.25. The number of likely N-dealkylation sites (N-methyl/N-ethyl adjacent to an activating group) is 1. The fraction of sp³-hybridized carbons (Fsp3) is 0.640. The van der Waals surface area contributed by atoms with Crippen LogP contribution >= 0.6 is 0 Å². The van der Waals surface area contributed by atoms with Gasteiger partial charge in [-0.1, -0.05) is 43.2 Å². The lowest BCUT2D eigenvalue weighted by Gasteiger charge is -2.56. The summed E-state index contributed by atoms with van der Waals surface area (Å²) < 4.78 is 0. The molecular weight excluding hydrogens is 360 g/mol. The van der Waals surface area contributed by atoms with Crippen molar-refractivity contribution >= 4 is 5.91 Å². The van der Waals surface area contributed by atoms with Gasteiger partial charge in [-0.25, -0.2) is 0 Å². The number of amides is 1. The van der Waals surface area contributed by atoms with E-state index in [-0.39, 0.29) is 36.4 Å². The van der Waals surface area contributed by atoms with Gasteiger partial charge in [-0.3, -0.25) is 4.79 Å². The summed E-state index contributed by atoms with van der Waals surface area (Å²) >= 11 is 0. The van der Waals surface area contributed by atoms with Gasteiger partial charge in [0, 0.05) is 30.4 Å². The van der Waals surface area contributed by atoms with Crippen LogP contribution in [0.1, 0.15) is 68.4 Å². The monoisotopic (exact) mass is 394 g/mol. The zero-order chi connectivity index (χ0) is 20.2. The number of aliphatic hydroxyl groups is 1. The third-order valence-electron chi connectivity index (χ3n) is 7.25. The molecule has 1 amide bonds. The van der Waals surface area contributed by atoms with E-state index in [0.717, 1.165) is 43.7 Å².